The Morgan fingerprint density at radius 2 is 1.68 bits per heavy atom. The average Bonchev–Trinajstić information content (AvgIpc) is 2.69. The lowest BCUT2D eigenvalue weighted by atomic mass is 9.89. The highest BCUT2D eigenvalue weighted by atomic mass is 16.1. The molecule has 0 radical (unpaired) electrons. The van der Waals surface area contributed by atoms with E-state index in [1.54, 1.807) is 0 Å². The molecule has 1 nitrogen and oxygen atoms in total. The van der Waals surface area contributed by atoms with E-state index in [4.69, 9.17) is 0 Å². The van der Waals surface area contributed by atoms with Crippen molar-refractivity contribution in [1.82, 2.24) is 0 Å². The van der Waals surface area contributed by atoms with E-state index in [-0.39, 0.29) is 5.78 Å². The van der Waals surface area contributed by atoms with E-state index < -0.39 is 0 Å². The Morgan fingerprint density at radius 3 is 2.53 bits per heavy atom. The highest BCUT2D eigenvalue weighted by Gasteiger charge is 2.21. The van der Waals surface area contributed by atoms with Crippen LogP contribution in [0.4, 0.5) is 0 Å². The van der Waals surface area contributed by atoms with Crippen LogP contribution in [0.3, 0.4) is 0 Å². The number of hydrogen-bond acceptors (Lipinski definition) is 1. The predicted octanol–water partition coefficient (Wildman–Crippen LogP) is 4.47. The molecule has 0 saturated carbocycles. The van der Waals surface area contributed by atoms with Crippen LogP contribution in [-0.2, 0) is 4.79 Å². The van der Waals surface area contributed by atoms with Crippen molar-refractivity contribution in [2.24, 2.45) is 0 Å². The predicted molar refractivity (Wildman–Crippen MR) is 78.7 cm³/mol. The molecule has 3 rings (SSSR count). The summed E-state index contributed by atoms with van der Waals surface area (Å²) in [6.07, 6.45) is 11.8. The van der Waals surface area contributed by atoms with Gasteiger partial charge in [-0.3, -0.25) is 4.79 Å². The zero-order valence-electron chi connectivity index (χ0n) is 11.1. The van der Waals surface area contributed by atoms with Crippen LogP contribution in [0, 0.1) is 0 Å². The quantitative estimate of drug-likeness (QED) is 0.672. The van der Waals surface area contributed by atoms with Gasteiger partial charge in [-0.1, -0.05) is 48.9 Å². The molecule has 0 unspecified atom stereocenters. The van der Waals surface area contributed by atoms with Gasteiger partial charge >= 0.3 is 0 Å². The number of carbonyl (C=O) groups is 1. The Kier molecular flexibility index (Phi) is 3.45. The van der Waals surface area contributed by atoms with Crippen LogP contribution < -0.4 is 0 Å². The van der Waals surface area contributed by atoms with Gasteiger partial charge < -0.3 is 0 Å². The summed E-state index contributed by atoms with van der Waals surface area (Å²) >= 11 is 0. The summed E-state index contributed by atoms with van der Waals surface area (Å²) in [6, 6.07) is 10.1. The number of benzene rings is 1. The lowest BCUT2D eigenvalue weighted by molar-refractivity contribution is -0.112. The first-order chi connectivity index (χ1) is 9.34. The second-order valence-electron chi connectivity index (χ2n) is 5.24. The Bertz CT molecular complexity index is 573. The molecule has 19 heavy (non-hydrogen) atoms. The summed E-state index contributed by atoms with van der Waals surface area (Å²) < 4.78 is 0. The monoisotopic (exact) mass is 250 g/mol. The number of rotatable bonds is 1. The molecule has 96 valence electrons. The first-order valence-electron chi connectivity index (χ1n) is 7.06. The van der Waals surface area contributed by atoms with Crippen molar-refractivity contribution in [3.05, 3.63) is 64.8 Å². The van der Waals surface area contributed by atoms with Crippen LogP contribution in [0.5, 0.6) is 0 Å². The largest absolute Gasteiger partial charge is 0.289 e. The minimum atomic E-state index is 0.239. The fourth-order valence-corrected chi connectivity index (χ4v) is 2.83. The van der Waals surface area contributed by atoms with Gasteiger partial charge in [0.25, 0.3) is 0 Å². The van der Waals surface area contributed by atoms with Crippen molar-refractivity contribution in [3.8, 4) is 0 Å². The summed E-state index contributed by atoms with van der Waals surface area (Å²) in [4.78, 5) is 12.5. The molecule has 0 aliphatic heterocycles. The average molecular weight is 250 g/mol. The first-order valence-corrected chi connectivity index (χ1v) is 7.06. The molecule has 0 fully saturated rings. The normalized spacial score (nSPS) is 21.5. The third-order valence-corrected chi connectivity index (χ3v) is 3.88. The zero-order chi connectivity index (χ0) is 13.1. The second kappa shape index (κ2) is 5.40. The zero-order valence-corrected chi connectivity index (χ0v) is 11.1. The van der Waals surface area contributed by atoms with Crippen LogP contribution >= 0.6 is 0 Å². The van der Waals surface area contributed by atoms with Gasteiger partial charge in [-0.25, -0.2) is 0 Å². The van der Waals surface area contributed by atoms with Gasteiger partial charge in [-0.2, -0.15) is 0 Å². The van der Waals surface area contributed by atoms with E-state index in [2.05, 4.69) is 6.08 Å². The van der Waals surface area contributed by atoms with E-state index in [1.165, 1.54) is 18.4 Å². The summed E-state index contributed by atoms with van der Waals surface area (Å²) in [5, 5.41) is 0. The van der Waals surface area contributed by atoms with E-state index >= 15 is 0 Å². The fraction of sp³-hybridized carbons (Fsp3) is 0.278. The van der Waals surface area contributed by atoms with E-state index in [1.807, 2.05) is 42.5 Å². The lowest BCUT2D eigenvalue weighted by Crippen LogP contribution is -2.10. The van der Waals surface area contributed by atoms with Gasteiger partial charge in [0.1, 0.15) is 0 Å². The van der Waals surface area contributed by atoms with Gasteiger partial charge in [0, 0.05) is 11.1 Å². The fourth-order valence-electron chi connectivity index (χ4n) is 2.83. The van der Waals surface area contributed by atoms with Gasteiger partial charge in [0.15, 0.2) is 5.78 Å². The third-order valence-electron chi connectivity index (χ3n) is 3.88. The summed E-state index contributed by atoms with van der Waals surface area (Å²) in [7, 11) is 0. The molecule has 2 aliphatic rings. The van der Waals surface area contributed by atoms with E-state index in [0.29, 0.717) is 0 Å². The number of Topliss-reactive ketones (excluding diaryl/α,β-unsaturated/α-hetero) is 1. The van der Waals surface area contributed by atoms with Crippen molar-refractivity contribution in [2.45, 2.75) is 32.1 Å². The Hall–Kier alpha value is -1.89. The van der Waals surface area contributed by atoms with Gasteiger partial charge in [0.05, 0.1) is 0 Å². The van der Waals surface area contributed by atoms with Crippen LogP contribution in [0.1, 0.15) is 37.7 Å². The SMILES string of the molecule is O=C1C(=Cc2ccccc2)C=CC2=C1CCCCC2. The number of ketones is 1. The summed E-state index contributed by atoms with van der Waals surface area (Å²) in [5.41, 5.74) is 4.25. The molecular weight excluding hydrogens is 232 g/mol. The van der Waals surface area contributed by atoms with Crippen LogP contribution in [0.15, 0.2) is 59.2 Å². The number of hydrogen-bond donors (Lipinski definition) is 0. The lowest BCUT2D eigenvalue weighted by Gasteiger charge is -2.14. The molecule has 0 saturated heterocycles. The number of allylic oxidation sites excluding steroid dienone is 5. The summed E-state index contributed by atoms with van der Waals surface area (Å²) in [6.45, 7) is 0. The maximum absolute atomic E-state index is 12.5. The van der Waals surface area contributed by atoms with Crippen molar-refractivity contribution in [1.29, 1.82) is 0 Å². The molecule has 0 atom stereocenters. The van der Waals surface area contributed by atoms with Gasteiger partial charge in [-0.05, 0) is 42.9 Å². The Morgan fingerprint density at radius 1 is 0.895 bits per heavy atom. The van der Waals surface area contributed by atoms with Crippen molar-refractivity contribution < 1.29 is 4.79 Å². The van der Waals surface area contributed by atoms with Crippen LogP contribution in [-0.4, -0.2) is 5.78 Å². The molecule has 2 aliphatic carbocycles. The molecule has 0 amide bonds. The molecule has 0 heterocycles. The van der Waals surface area contributed by atoms with Crippen LogP contribution in [0.25, 0.3) is 6.08 Å². The third kappa shape index (κ3) is 2.60. The minimum absolute atomic E-state index is 0.239. The van der Waals surface area contributed by atoms with Gasteiger partial charge in [0.2, 0.25) is 0 Å². The molecule has 0 N–H and O–H groups in total. The van der Waals surface area contributed by atoms with E-state index in [9.17, 15) is 4.79 Å². The molecular formula is C18H18O. The Balaban J connectivity index is 1.92. The minimum Gasteiger partial charge on any atom is -0.289 e. The highest BCUT2D eigenvalue weighted by Crippen LogP contribution is 2.31. The maximum Gasteiger partial charge on any atom is 0.189 e. The summed E-state index contributed by atoms with van der Waals surface area (Å²) in [5.74, 6) is 0.239. The first kappa shape index (κ1) is 12.2. The standard InChI is InChI=1S/C18H18O/c19-18-16(13-14-7-3-1-4-8-14)12-11-15-9-5-2-6-10-17(15)18/h1,3-4,7-8,11-13H,2,5-6,9-10H2. The van der Waals surface area contributed by atoms with Crippen molar-refractivity contribution in [3.63, 3.8) is 0 Å². The molecule has 0 spiro atoms. The molecule has 1 aromatic rings. The number of carbonyl (C=O) groups excluding carboxylic acids is 1. The topological polar surface area (TPSA) is 17.1 Å². The molecule has 1 heteroatoms. The van der Waals surface area contributed by atoms with Gasteiger partial charge in [-0.15, -0.1) is 0 Å². The maximum atomic E-state index is 12.5. The smallest absolute Gasteiger partial charge is 0.189 e. The molecule has 0 bridgehead atoms. The molecule has 0 aromatic heterocycles. The Labute approximate surface area is 114 Å². The van der Waals surface area contributed by atoms with Crippen LogP contribution in [0.2, 0.25) is 0 Å². The highest BCUT2D eigenvalue weighted by molar-refractivity contribution is 6.14. The van der Waals surface area contributed by atoms with E-state index in [0.717, 1.165) is 36.0 Å². The van der Waals surface area contributed by atoms with Crippen molar-refractivity contribution >= 4 is 11.9 Å². The second-order valence-corrected chi connectivity index (χ2v) is 5.24. The molecule has 1 aromatic carbocycles. The van der Waals surface area contributed by atoms with Crippen molar-refractivity contribution in [2.75, 3.05) is 0 Å².